The zero-order chi connectivity index (χ0) is 61.1. The molecular weight excluding hydrogens is 1190 g/mol. The SMILES string of the molecule is COCCOCCOCCOCc1ccc(-c2nccc(COc3ccc4cc3[C@H](C(=O)O)Oc3ncnc5sc(-c6ccc(F)cc6)c(c35)-c3c(C)c(Cl)c(c(Cl)c3C)O[C@H](CN3CCN(C)CC3)CO4)n2)cc1COCCOCCOCCOC. The van der Waals surface area contributed by atoms with Crippen LogP contribution in [0.5, 0.6) is 23.1 Å². The number of nitrogens with zero attached hydrogens (tertiary/aromatic N) is 6. The lowest BCUT2D eigenvalue weighted by atomic mass is 9.92. The first-order chi connectivity index (χ1) is 42.4. The largest absolute Gasteiger partial charge is 0.490 e. The number of hydrogen-bond donors (Lipinski definition) is 1. The molecule has 3 aliphatic heterocycles. The van der Waals surface area contributed by atoms with Crippen LogP contribution in [0, 0.1) is 19.7 Å². The quantitative estimate of drug-likeness (QED) is 0.0416. The molecule has 0 amide bonds. The highest BCUT2D eigenvalue weighted by atomic mass is 35.5. The van der Waals surface area contributed by atoms with Gasteiger partial charge in [-0.05, 0) is 96.7 Å². The second kappa shape index (κ2) is 32.8. The first kappa shape index (κ1) is 65.2. The molecule has 1 fully saturated rings. The normalized spacial score (nSPS) is 15.6. The minimum Gasteiger partial charge on any atom is -0.490 e. The van der Waals surface area contributed by atoms with E-state index in [9.17, 15) is 14.3 Å². The van der Waals surface area contributed by atoms with Crippen molar-refractivity contribution in [1.82, 2.24) is 29.7 Å². The van der Waals surface area contributed by atoms with E-state index in [0.29, 0.717) is 164 Å². The topological polar surface area (TPSA) is 206 Å². The number of benzene rings is 4. The zero-order valence-electron chi connectivity index (χ0n) is 49.5. The number of likely N-dealkylation sites (N-methyl/N-ethyl adjacent to an activating group) is 1. The van der Waals surface area contributed by atoms with Crippen molar-refractivity contribution in [1.29, 1.82) is 0 Å². The van der Waals surface area contributed by atoms with Crippen LogP contribution in [0.3, 0.4) is 0 Å². The van der Waals surface area contributed by atoms with Gasteiger partial charge in [0.1, 0.15) is 47.8 Å². The number of halogens is 3. The molecule has 7 aromatic rings. The van der Waals surface area contributed by atoms with Gasteiger partial charge in [0.05, 0.1) is 114 Å². The highest BCUT2D eigenvalue weighted by Gasteiger charge is 2.34. The number of hydrogen-bond acceptors (Lipinski definition) is 20. The van der Waals surface area contributed by atoms with E-state index in [-0.39, 0.29) is 47.1 Å². The maximum absolute atomic E-state index is 14.5. The van der Waals surface area contributed by atoms with Crippen molar-refractivity contribution in [2.45, 2.75) is 45.9 Å². The number of rotatable bonds is 30. The van der Waals surface area contributed by atoms with Crippen molar-refractivity contribution in [3.05, 3.63) is 129 Å². The number of carboxylic acid groups (broad SMARTS) is 1. The lowest BCUT2D eigenvalue weighted by Crippen LogP contribution is -2.49. The van der Waals surface area contributed by atoms with E-state index in [1.807, 2.05) is 32.0 Å². The molecule has 0 aliphatic carbocycles. The van der Waals surface area contributed by atoms with Gasteiger partial charge in [-0.1, -0.05) is 47.5 Å². The Balaban J connectivity index is 1.01. The van der Waals surface area contributed by atoms with Crippen LogP contribution < -0.4 is 18.9 Å². The Morgan fingerprint density at radius 3 is 1.97 bits per heavy atom. The van der Waals surface area contributed by atoms with E-state index in [1.54, 1.807) is 56.8 Å². The Bertz CT molecular complexity index is 3350. The summed E-state index contributed by atoms with van der Waals surface area (Å²) in [6, 6.07) is 18.6. The van der Waals surface area contributed by atoms with Gasteiger partial charge in [0.25, 0.3) is 0 Å². The molecule has 1 saturated heterocycles. The highest BCUT2D eigenvalue weighted by Crippen LogP contribution is 2.53. The van der Waals surface area contributed by atoms with Crippen molar-refractivity contribution in [3.8, 4) is 56.1 Å². The molecule has 87 heavy (non-hydrogen) atoms. The van der Waals surface area contributed by atoms with Gasteiger partial charge in [-0.3, -0.25) is 4.90 Å². The predicted octanol–water partition coefficient (Wildman–Crippen LogP) is 10.1. The van der Waals surface area contributed by atoms with Crippen LogP contribution in [0.25, 0.3) is 43.2 Å². The van der Waals surface area contributed by atoms with Crippen molar-refractivity contribution >= 4 is 50.7 Å². The number of carbonyl (C=O) groups is 1. The lowest BCUT2D eigenvalue weighted by molar-refractivity contribution is -0.145. The molecule has 3 aliphatic rings. The van der Waals surface area contributed by atoms with Crippen molar-refractivity contribution < 1.29 is 71.1 Å². The van der Waals surface area contributed by atoms with Crippen LogP contribution in [0.15, 0.2) is 79.3 Å². The number of fused-ring (bicyclic) bond motifs is 6. The van der Waals surface area contributed by atoms with Gasteiger partial charge in [-0.25, -0.2) is 29.1 Å². The smallest absolute Gasteiger partial charge is 0.349 e. The summed E-state index contributed by atoms with van der Waals surface area (Å²) in [5, 5.41) is 12.2. The molecule has 0 saturated carbocycles. The average molecular weight is 1260 g/mol. The number of aliphatic carboxylic acids is 1. The molecule has 0 unspecified atom stereocenters. The predicted molar refractivity (Wildman–Crippen MR) is 327 cm³/mol. The summed E-state index contributed by atoms with van der Waals surface area (Å²) < 4.78 is 85.7. The van der Waals surface area contributed by atoms with Gasteiger partial charge in [0.15, 0.2) is 11.6 Å². The molecule has 20 nitrogen and oxygen atoms in total. The van der Waals surface area contributed by atoms with Crippen molar-refractivity contribution in [2.24, 2.45) is 0 Å². The molecule has 2 atom stereocenters. The van der Waals surface area contributed by atoms with Gasteiger partial charge in [-0.2, -0.15) is 0 Å². The second-order valence-corrected chi connectivity index (χ2v) is 22.4. The lowest BCUT2D eigenvalue weighted by Gasteiger charge is -2.35. The van der Waals surface area contributed by atoms with E-state index in [1.165, 1.54) is 29.8 Å². The zero-order valence-corrected chi connectivity index (χ0v) is 51.8. The van der Waals surface area contributed by atoms with Gasteiger partial charge in [0, 0.05) is 74.7 Å². The van der Waals surface area contributed by atoms with Crippen LogP contribution in [0.1, 0.15) is 39.6 Å². The van der Waals surface area contributed by atoms with E-state index in [4.69, 9.17) is 85.0 Å². The molecule has 0 radical (unpaired) electrons. The number of aromatic nitrogens is 4. The molecule has 466 valence electrons. The molecule has 3 aromatic heterocycles. The third-order valence-electron chi connectivity index (χ3n) is 14.5. The Hall–Kier alpha value is -6.22. The van der Waals surface area contributed by atoms with Gasteiger partial charge in [-0.15, -0.1) is 11.3 Å². The third kappa shape index (κ3) is 17.6. The summed E-state index contributed by atoms with van der Waals surface area (Å²) in [6.07, 6.45) is 0.627. The van der Waals surface area contributed by atoms with E-state index >= 15 is 0 Å². The first-order valence-electron chi connectivity index (χ1n) is 28.7. The van der Waals surface area contributed by atoms with Gasteiger partial charge in [0.2, 0.25) is 12.0 Å². The number of carboxylic acids is 1. The monoisotopic (exact) mass is 1260 g/mol. The van der Waals surface area contributed by atoms with Crippen molar-refractivity contribution in [3.63, 3.8) is 0 Å². The van der Waals surface area contributed by atoms with E-state index in [2.05, 4.69) is 31.8 Å². The number of piperazine rings is 1. The van der Waals surface area contributed by atoms with Gasteiger partial charge < -0.3 is 66.8 Å². The third-order valence-corrected chi connectivity index (χ3v) is 16.6. The minimum atomic E-state index is -1.72. The fraction of sp³-hybridized carbons (Fsp3) is 0.444. The summed E-state index contributed by atoms with van der Waals surface area (Å²) in [7, 11) is 5.35. The molecule has 10 rings (SSSR count). The summed E-state index contributed by atoms with van der Waals surface area (Å²) in [6.45, 7) is 13.3. The first-order valence-corrected chi connectivity index (χ1v) is 30.2. The van der Waals surface area contributed by atoms with Crippen molar-refractivity contribution in [2.75, 3.05) is 140 Å². The molecule has 4 bridgehead atoms. The summed E-state index contributed by atoms with van der Waals surface area (Å²) in [5.41, 5.74) is 6.24. The molecule has 24 heteroatoms. The Kier molecular flexibility index (Phi) is 24.6. The Morgan fingerprint density at radius 1 is 0.701 bits per heavy atom. The Morgan fingerprint density at radius 2 is 1.32 bits per heavy atom. The van der Waals surface area contributed by atoms with E-state index in [0.717, 1.165) is 37.3 Å². The maximum Gasteiger partial charge on any atom is 0.349 e. The number of ether oxygens (including phenoxy) is 12. The molecule has 6 heterocycles. The molecule has 1 N–H and O–H groups in total. The van der Waals surface area contributed by atoms with Crippen LogP contribution in [-0.4, -0.2) is 187 Å². The van der Waals surface area contributed by atoms with Crippen LogP contribution in [0.4, 0.5) is 4.39 Å². The standard InChI is InChI=1S/C63H73Cl2FN6O14S/c1-40-52-41(2)56(65)58(55(40)64)85-49(34-72-18-16-71(3)17-19-72)38-83-48-12-13-51(50(33-48)57(63(73)74)86-61-54-53(52)59(87-62(54)69-39-68-61)42-8-10-46(66)11-9-42)84-37-47-14-15-67-60(70-47)43-6-7-44(35-81-30-28-79-26-24-77-22-20-75-4)45(32-43)36-82-31-29-80-27-25-78-23-21-76-5/h6-15,32-33,39,49,57H,16-31,34-38H2,1-5H3,(H,73,74)/t49-,57-/m1/s1. The van der Waals surface area contributed by atoms with E-state index < -0.39 is 24.0 Å². The van der Waals surface area contributed by atoms with Crippen LogP contribution in [0.2, 0.25) is 10.0 Å². The Labute approximate surface area is 519 Å². The summed E-state index contributed by atoms with van der Waals surface area (Å²) in [4.78, 5) is 38.4. The second-order valence-electron chi connectivity index (χ2n) is 20.6. The summed E-state index contributed by atoms with van der Waals surface area (Å²) >= 11 is 16.0. The van der Waals surface area contributed by atoms with Crippen LogP contribution in [-0.2, 0) is 62.5 Å². The summed E-state index contributed by atoms with van der Waals surface area (Å²) in [5.74, 6) is -0.602. The molecule has 0 spiro atoms. The maximum atomic E-state index is 14.5. The average Bonchev–Trinajstić information content (AvgIpc) is 1.71. The number of methoxy groups -OCH3 is 2. The minimum absolute atomic E-state index is 0.0281. The molecular formula is C63H73Cl2FN6O14S. The van der Waals surface area contributed by atoms with Gasteiger partial charge >= 0.3 is 5.97 Å². The highest BCUT2D eigenvalue weighted by molar-refractivity contribution is 7.22. The number of thiophene rings is 1. The molecule has 4 aromatic carbocycles. The fourth-order valence-electron chi connectivity index (χ4n) is 9.90. The van der Waals surface area contributed by atoms with Crippen LogP contribution >= 0.6 is 34.5 Å². The fourth-order valence-corrected chi connectivity index (χ4v) is 11.6.